The first-order valence-electron chi connectivity index (χ1n) is 3.67. The molecular weight excluding hydrogens is 172 g/mol. The first-order valence-corrected chi connectivity index (χ1v) is 3.67. The van der Waals surface area contributed by atoms with Gasteiger partial charge < -0.3 is 16.2 Å². The number of nitrogen functional groups attached to an aromatic ring is 2. The molecular formula is C7H8N4O2. The SMILES string of the molecule is Nc1cnn(C2=CCOC2=O)c1N. The van der Waals surface area contributed by atoms with Gasteiger partial charge in [0.25, 0.3) is 0 Å². The number of ether oxygens (including phenoxy) is 1. The number of cyclic esters (lactones) is 1. The van der Waals surface area contributed by atoms with Crippen molar-refractivity contribution in [2.75, 3.05) is 18.1 Å². The normalized spacial score (nSPS) is 15.7. The molecule has 1 aromatic heterocycles. The zero-order valence-electron chi connectivity index (χ0n) is 6.73. The molecule has 2 heterocycles. The van der Waals surface area contributed by atoms with Gasteiger partial charge in [0.05, 0.1) is 11.9 Å². The second-order valence-electron chi connectivity index (χ2n) is 2.58. The van der Waals surface area contributed by atoms with Crippen LogP contribution in [0.15, 0.2) is 12.3 Å². The number of carbonyl (C=O) groups excluding carboxylic acids is 1. The van der Waals surface area contributed by atoms with E-state index in [1.165, 1.54) is 10.9 Å². The van der Waals surface area contributed by atoms with E-state index in [0.29, 0.717) is 11.4 Å². The van der Waals surface area contributed by atoms with Gasteiger partial charge in [-0.05, 0) is 6.08 Å². The highest BCUT2D eigenvalue weighted by Gasteiger charge is 2.21. The van der Waals surface area contributed by atoms with Crippen LogP contribution in [0.2, 0.25) is 0 Å². The topological polar surface area (TPSA) is 96.2 Å². The van der Waals surface area contributed by atoms with Gasteiger partial charge in [0.1, 0.15) is 6.61 Å². The average molecular weight is 180 g/mol. The summed E-state index contributed by atoms with van der Waals surface area (Å²) in [6.07, 6.45) is 2.99. The number of nitrogens with two attached hydrogens (primary N) is 2. The molecule has 0 radical (unpaired) electrons. The Balaban J connectivity index is 2.46. The fraction of sp³-hybridized carbons (Fsp3) is 0.143. The summed E-state index contributed by atoms with van der Waals surface area (Å²) >= 11 is 0. The molecule has 0 unspecified atom stereocenters. The van der Waals surface area contributed by atoms with Gasteiger partial charge in [0.15, 0.2) is 11.5 Å². The van der Waals surface area contributed by atoms with Crippen molar-refractivity contribution in [2.45, 2.75) is 0 Å². The van der Waals surface area contributed by atoms with E-state index < -0.39 is 5.97 Å². The van der Waals surface area contributed by atoms with Crippen molar-refractivity contribution >= 4 is 23.2 Å². The van der Waals surface area contributed by atoms with Crippen molar-refractivity contribution < 1.29 is 9.53 Å². The number of nitrogens with zero attached hydrogens (tertiary/aromatic N) is 2. The highest BCUT2D eigenvalue weighted by atomic mass is 16.5. The summed E-state index contributed by atoms with van der Waals surface area (Å²) in [5.74, 6) is -0.181. The number of aromatic nitrogens is 2. The summed E-state index contributed by atoms with van der Waals surface area (Å²) in [6.45, 7) is 0.257. The van der Waals surface area contributed by atoms with Crippen LogP contribution >= 0.6 is 0 Å². The van der Waals surface area contributed by atoms with Gasteiger partial charge in [-0.2, -0.15) is 5.10 Å². The second-order valence-corrected chi connectivity index (χ2v) is 2.58. The van der Waals surface area contributed by atoms with Gasteiger partial charge in [-0.25, -0.2) is 9.48 Å². The zero-order chi connectivity index (χ0) is 9.42. The van der Waals surface area contributed by atoms with Crippen LogP contribution in [0.4, 0.5) is 11.5 Å². The Morgan fingerprint density at radius 3 is 2.77 bits per heavy atom. The highest BCUT2D eigenvalue weighted by Crippen LogP contribution is 2.20. The third-order valence-corrected chi connectivity index (χ3v) is 1.76. The number of hydrogen-bond donors (Lipinski definition) is 2. The van der Waals surface area contributed by atoms with E-state index in [1.807, 2.05) is 0 Å². The summed E-state index contributed by atoms with van der Waals surface area (Å²) < 4.78 is 5.96. The van der Waals surface area contributed by atoms with Crippen LogP contribution < -0.4 is 11.5 Å². The summed E-state index contributed by atoms with van der Waals surface area (Å²) in [5, 5.41) is 3.85. The minimum atomic E-state index is -0.435. The maximum Gasteiger partial charge on any atom is 0.357 e. The van der Waals surface area contributed by atoms with Crippen molar-refractivity contribution in [1.29, 1.82) is 0 Å². The van der Waals surface area contributed by atoms with Crippen LogP contribution in [0.5, 0.6) is 0 Å². The van der Waals surface area contributed by atoms with Gasteiger partial charge in [-0.15, -0.1) is 0 Å². The fourth-order valence-electron chi connectivity index (χ4n) is 1.09. The predicted octanol–water partition coefficient (Wildman–Crippen LogP) is -0.555. The molecule has 0 bridgehead atoms. The Hall–Kier alpha value is -1.98. The lowest BCUT2D eigenvalue weighted by Gasteiger charge is -2.01. The van der Waals surface area contributed by atoms with Crippen molar-refractivity contribution in [1.82, 2.24) is 9.78 Å². The molecule has 0 fully saturated rings. The van der Waals surface area contributed by atoms with E-state index >= 15 is 0 Å². The van der Waals surface area contributed by atoms with Gasteiger partial charge in [-0.3, -0.25) is 0 Å². The molecule has 0 aliphatic carbocycles. The molecule has 1 aromatic rings. The van der Waals surface area contributed by atoms with Crippen LogP contribution in [0, 0.1) is 0 Å². The maximum absolute atomic E-state index is 11.1. The first-order chi connectivity index (χ1) is 6.20. The number of esters is 1. The van der Waals surface area contributed by atoms with Crippen LogP contribution in [0.3, 0.4) is 0 Å². The molecule has 6 nitrogen and oxygen atoms in total. The largest absolute Gasteiger partial charge is 0.457 e. The van der Waals surface area contributed by atoms with Crippen molar-refractivity contribution in [3.8, 4) is 0 Å². The van der Waals surface area contributed by atoms with Gasteiger partial charge in [0, 0.05) is 0 Å². The molecule has 0 spiro atoms. The molecule has 0 saturated heterocycles. The molecule has 0 saturated carbocycles. The minimum Gasteiger partial charge on any atom is -0.457 e. The molecule has 68 valence electrons. The molecule has 0 aromatic carbocycles. The van der Waals surface area contributed by atoms with E-state index in [0.717, 1.165) is 0 Å². The monoisotopic (exact) mass is 180 g/mol. The summed E-state index contributed by atoms with van der Waals surface area (Å²) in [4.78, 5) is 11.1. The Labute approximate surface area is 73.8 Å². The third kappa shape index (κ3) is 1.03. The number of carbonyl (C=O) groups is 1. The Morgan fingerprint density at radius 1 is 1.54 bits per heavy atom. The van der Waals surface area contributed by atoms with Crippen molar-refractivity contribution in [3.05, 3.63) is 12.3 Å². The summed E-state index contributed by atoms with van der Waals surface area (Å²) in [6, 6.07) is 0. The maximum atomic E-state index is 11.1. The highest BCUT2D eigenvalue weighted by molar-refractivity contribution is 6.12. The molecule has 0 atom stereocenters. The molecule has 0 amide bonds. The minimum absolute atomic E-state index is 0.255. The number of anilines is 2. The van der Waals surface area contributed by atoms with E-state index in [4.69, 9.17) is 16.2 Å². The van der Waals surface area contributed by atoms with E-state index in [9.17, 15) is 4.79 Å². The number of hydrogen-bond acceptors (Lipinski definition) is 5. The first kappa shape index (κ1) is 7.66. The van der Waals surface area contributed by atoms with Crippen molar-refractivity contribution in [3.63, 3.8) is 0 Å². The molecule has 1 aliphatic rings. The lowest BCUT2D eigenvalue weighted by molar-refractivity contribution is -0.134. The standard InChI is InChI=1S/C7H8N4O2/c8-4-3-10-11(6(4)9)5-1-2-13-7(5)12/h1,3H,2,8-9H2. The quantitative estimate of drug-likeness (QED) is 0.565. The number of rotatable bonds is 1. The lowest BCUT2D eigenvalue weighted by Crippen LogP contribution is -2.10. The molecule has 6 heteroatoms. The Morgan fingerprint density at radius 2 is 2.31 bits per heavy atom. The molecule has 1 aliphatic heterocycles. The zero-order valence-corrected chi connectivity index (χ0v) is 6.73. The van der Waals surface area contributed by atoms with Gasteiger partial charge in [-0.1, -0.05) is 0 Å². The van der Waals surface area contributed by atoms with E-state index in [1.54, 1.807) is 6.08 Å². The van der Waals surface area contributed by atoms with Crippen LogP contribution in [0.25, 0.3) is 5.70 Å². The summed E-state index contributed by atoms with van der Waals surface area (Å²) in [5.41, 5.74) is 11.7. The Bertz CT molecular complexity index is 393. The predicted molar refractivity (Wildman–Crippen MR) is 46.3 cm³/mol. The third-order valence-electron chi connectivity index (χ3n) is 1.76. The van der Waals surface area contributed by atoms with Crippen molar-refractivity contribution in [2.24, 2.45) is 0 Å². The van der Waals surface area contributed by atoms with Crippen LogP contribution in [0.1, 0.15) is 0 Å². The Kier molecular flexibility index (Phi) is 1.48. The molecule has 13 heavy (non-hydrogen) atoms. The molecule has 2 rings (SSSR count). The lowest BCUT2D eigenvalue weighted by atomic mass is 10.4. The van der Waals surface area contributed by atoms with E-state index in [2.05, 4.69) is 5.10 Å². The van der Waals surface area contributed by atoms with Crippen LogP contribution in [-0.4, -0.2) is 22.4 Å². The average Bonchev–Trinajstić information content (AvgIpc) is 2.62. The smallest absolute Gasteiger partial charge is 0.357 e. The summed E-state index contributed by atoms with van der Waals surface area (Å²) in [7, 11) is 0. The van der Waals surface area contributed by atoms with Gasteiger partial charge >= 0.3 is 5.97 Å². The second kappa shape index (κ2) is 2.51. The van der Waals surface area contributed by atoms with Crippen LogP contribution in [-0.2, 0) is 9.53 Å². The van der Waals surface area contributed by atoms with E-state index in [-0.39, 0.29) is 12.4 Å². The molecule has 4 N–H and O–H groups in total. The van der Waals surface area contributed by atoms with Gasteiger partial charge in [0.2, 0.25) is 0 Å². The fourth-order valence-corrected chi connectivity index (χ4v) is 1.09.